The van der Waals surface area contributed by atoms with Gasteiger partial charge in [0.1, 0.15) is 6.61 Å². The predicted molar refractivity (Wildman–Crippen MR) is 135 cm³/mol. The highest BCUT2D eigenvalue weighted by molar-refractivity contribution is 9.10. The molecule has 5 nitrogen and oxygen atoms in total. The summed E-state index contributed by atoms with van der Waals surface area (Å²) in [5.74, 6) is 0.797. The minimum atomic E-state index is -0.355. The predicted octanol–water partition coefficient (Wildman–Crippen LogP) is 6.61. The number of carbonyl (C=O) groups excluding carboxylic acids is 1. The minimum Gasteiger partial charge on any atom is -0.493 e. The highest BCUT2D eigenvalue weighted by atomic mass is 79.9. The average molecular weight is 524 g/mol. The molecule has 4 aromatic carbocycles. The molecule has 0 aliphatic rings. The van der Waals surface area contributed by atoms with Crippen LogP contribution < -0.4 is 14.9 Å². The summed E-state index contributed by atoms with van der Waals surface area (Å²) in [6.07, 6.45) is 1.53. The molecule has 0 spiro atoms. The number of methoxy groups -OCH3 is 1. The van der Waals surface area contributed by atoms with Crippen LogP contribution in [-0.2, 0) is 6.61 Å². The number of carbonyl (C=O) groups is 1. The minimum absolute atomic E-state index is 0.355. The van der Waals surface area contributed by atoms with Gasteiger partial charge in [-0.3, -0.25) is 4.79 Å². The van der Waals surface area contributed by atoms with Gasteiger partial charge in [0.15, 0.2) is 11.5 Å². The number of benzene rings is 4. The molecule has 0 unspecified atom stereocenters. The molecule has 0 bridgehead atoms. The molecular weight excluding hydrogens is 504 g/mol. The molecule has 0 aliphatic heterocycles. The number of hydrogen-bond donors (Lipinski definition) is 1. The molecule has 166 valence electrons. The van der Waals surface area contributed by atoms with Gasteiger partial charge in [0, 0.05) is 20.6 Å². The Hall–Kier alpha value is -3.35. The summed E-state index contributed by atoms with van der Waals surface area (Å²) in [6.45, 7) is 0.396. The zero-order valence-corrected chi connectivity index (χ0v) is 20.1. The first-order valence-electron chi connectivity index (χ1n) is 10.1. The normalized spacial score (nSPS) is 11.0. The zero-order valence-electron chi connectivity index (χ0n) is 17.7. The SMILES string of the molecule is COc1cc(/C=N/NC(=O)c2cccc(Cl)c2)c(Br)cc1OCc1cccc2ccccc12. The van der Waals surface area contributed by atoms with Crippen molar-refractivity contribution in [2.45, 2.75) is 6.61 Å². The van der Waals surface area contributed by atoms with Gasteiger partial charge >= 0.3 is 0 Å². The maximum absolute atomic E-state index is 12.2. The first-order chi connectivity index (χ1) is 16.0. The van der Waals surface area contributed by atoms with E-state index in [1.54, 1.807) is 37.4 Å². The highest BCUT2D eigenvalue weighted by Crippen LogP contribution is 2.34. The Morgan fingerprint density at radius 3 is 2.64 bits per heavy atom. The van der Waals surface area contributed by atoms with Gasteiger partial charge in [-0.05, 0) is 62.6 Å². The van der Waals surface area contributed by atoms with Crippen molar-refractivity contribution in [3.63, 3.8) is 0 Å². The van der Waals surface area contributed by atoms with Crippen LogP contribution in [0.1, 0.15) is 21.5 Å². The number of nitrogens with zero attached hydrogens (tertiary/aromatic N) is 1. The molecule has 0 saturated carbocycles. The topological polar surface area (TPSA) is 59.9 Å². The Balaban J connectivity index is 1.48. The molecule has 0 saturated heterocycles. The number of halogens is 2. The molecule has 33 heavy (non-hydrogen) atoms. The van der Waals surface area contributed by atoms with E-state index in [9.17, 15) is 4.79 Å². The van der Waals surface area contributed by atoms with Crippen LogP contribution in [0.5, 0.6) is 11.5 Å². The summed E-state index contributed by atoms with van der Waals surface area (Å²) >= 11 is 9.47. The highest BCUT2D eigenvalue weighted by Gasteiger charge is 2.11. The van der Waals surface area contributed by atoms with Crippen molar-refractivity contribution in [1.82, 2.24) is 5.43 Å². The fraction of sp³-hybridized carbons (Fsp3) is 0.0769. The van der Waals surface area contributed by atoms with E-state index in [4.69, 9.17) is 21.1 Å². The second kappa shape index (κ2) is 10.5. The lowest BCUT2D eigenvalue weighted by atomic mass is 10.1. The second-order valence-corrected chi connectivity index (χ2v) is 8.45. The molecule has 0 aliphatic carbocycles. The van der Waals surface area contributed by atoms with Crippen LogP contribution in [0.3, 0.4) is 0 Å². The van der Waals surface area contributed by atoms with Gasteiger partial charge < -0.3 is 9.47 Å². The molecule has 0 fully saturated rings. The zero-order chi connectivity index (χ0) is 23.2. The van der Waals surface area contributed by atoms with Crippen molar-refractivity contribution < 1.29 is 14.3 Å². The fourth-order valence-corrected chi connectivity index (χ4v) is 3.97. The number of hydrazone groups is 1. The van der Waals surface area contributed by atoms with Crippen LogP contribution in [0.25, 0.3) is 10.8 Å². The van der Waals surface area contributed by atoms with Crippen LogP contribution in [0.2, 0.25) is 5.02 Å². The van der Waals surface area contributed by atoms with Gasteiger partial charge in [-0.15, -0.1) is 0 Å². The number of ether oxygens (including phenoxy) is 2. The van der Waals surface area contributed by atoms with Gasteiger partial charge in [-0.1, -0.05) is 60.1 Å². The number of amides is 1. The van der Waals surface area contributed by atoms with Gasteiger partial charge in [0.05, 0.1) is 13.3 Å². The molecule has 0 aromatic heterocycles. The number of hydrogen-bond acceptors (Lipinski definition) is 4. The Labute approximate surface area is 205 Å². The summed E-state index contributed by atoms with van der Waals surface area (Å²) in [4.78, 5) is 12.2. The van der Waals surface area contributed by atoms with Gasteiger partial charge in [-0.25, -0.2) is 5.43 Å². The molecule has 1 N–H and O–H groups in total. The molecule has 7 heteroatoms. The lowest BCUT2D eigenvalue weighted by molar-refractivity contribution is 0.0955. The molecule has 1 amide bonds. The van der Waals surface area contributed by atoms with Gasteiger partial charge in [0.25, 0.3) is 5.91 Å². The van der Waals surface area contributed by atoms with E-state index in [0.717, 1.165) is 26.4 Å². The third kappa shape index (κ3) is 5.53. The van der Waals surface area contributed by atoms with Crippen molar-refractivity contribution in [2.75, 3.05) is 7.11 Å². The van der Waals surface area contributed by atoms with Gasteiger partial charge in [0.2, 0.25) is 0 Å². The first kappa shape index (κ1) is 22.8. The number of nitrogens with one attached hydrogen (secondary N) is 1. The van der Waals surface area contributed by atoms with E-state index in [1.165, 1.54) is 6.21 Å². The van der Waals surface area contributed by atoms with Crippen LogP contribution in [-0.4, -0.2) is 19.2 Å². The average Bonchev–Trinajstić information content (AvgIpc) is 2.83. The summed E-state index contributed by atoms with van der Waals surface area (Å²) in [5.41, 5.74) is 4.72. The third-order valence-corrected chi connectivity index (χ3v) is 5.92. The van der Waals surface area contributed by atoms with E-state index < -0.39 is 0 Å². The summed E-state index contributed by atoms with van der Waals surface area (Å²) < 4.78 is 12.4. The van der Waals surface area contributed by atoms with Crippen molar-refractivity contribution in [3.05, 3.63) is 105 Å². The largest absolute Gasteiger partial charge is 0.493 e. The summed E-state index contributed by atoms with van der Waals surface area (Å²) in [5, 5.41) is 6.85. The number of rotatable bonds is 7. The lowest BCUT2D eigenvalue weighted by Crippen LogP contribution is -2.17. The molecule has 4 aromatic rings. The maximum Gasteiger partial charge on any atom is 0.271 e. The van der Waals surface area contributed by atoms with Crippen molar-refractivity contribution >= 4 is 50.4 Å². The Morgan fingerprint density at radius 2 is 1.82 bits per heavy atom. The maximum atomic E-state index is 12.2. The van der Waals surface area contributed by atoms with E-state index in [1.807, 2.05) is 30.3 Å². The smallest absolute Gasteiger partial charge is 0.271 e. The van der Waals surface area contributed by atoms with Gasteiger partial charge in [-0.2, -0.15) is 5.10 Å². The lowest BCUT2D eigenvalue weighted by Gasteiger charge is -2.14. The van der Waals surface area contributed by atoms with Crippen LogP contribution in [0, 0.1) is 0 Å². The third-order valence-electron chi connectivity index (χ3n) is 5.00. The quantitative estimate of drug-likeness (QED) is 0.219. The van der Waals surface area contributed by atoms with E-state index in [0.29, 0.717) is 28.7 Å². The summed E-state index contributed by atoms with van der Waals surface area (Å²) in [6, 6.07) is 24.6. The molecule has 0 atom stereocenters. The van der Waals surface area contributed by atoms with Crippen molar-refractivity contribution in [3.8, 4) is 11.5 Å². The van der Waals surface area contributed by atoms with Crippen molar-refractivity contribution in [1.29, 1.82) is 0 Å². The molecule has 0 radical (unpaired) electrons. The molecule has 4 rings (SSSR count). The van der Waals surface area contributed by atoms with E-state index in [2.05, 4.69) is 44.7 Å². The van der Waals surface area contributed by atoms with Crippen molar-refractivity contribution in [2.24, 2.45) is 5.10 Å². The fourth-order valence-electron chi connectivity index (χ4n) is 3.35. The van der Waals surface area contributed by atoms with Crippen LogP contribution >= 0.6 is 27.5 Å². The summed E-state index contributed by atoms with van der Waals surface area (Å²) in [7, 11) is 1.58. The monoisotopic (exact) mass is 522 g/mol. The van der Waals surface area contributed by atoms with E-state index in [-0.39, 0.29) is 5.91 Å². The standard InChI is InChI=1S/C26H20BrClN2O3/c1-32-24-13-20(15-29-30-26(31)18-8-5-10-21(28)12-18)23(27)14-25(24)33-16-19-9-4-7-17-6-2-3-11-22(17)19/h2-15H,16H2,1H3,(H,30,31)/b29-15+. The first-order valence-corrected chi connectivity index (χ1v) is 11.3. The Bertz CT molecular complexity index is 1340. The molecular formula is C26H20BrClN2O3. The van der Waals surface area contributed by atoms with E-state index >= 15 is 0 Å². The van der Waals surface area contributed by atoms with Crippen LogP contribution in [0.4, 0.5) is 0 Å². The Morgan fingerprint density at radius 1 is 1.03 bits per heavy atom. The number of fused-ring (bicyclic) bond motifs is 1. The molecule has 0 heterocycles. The van der Waals surface area contributed by atoms with Crippen LogP contribution in [0.15, 0.2) is 88.4 Å². The Kier molecular flexibility index (Phi) is 7.27. The second-order valence-electron chi connectivity index (χ2n) is 7.16.